The van der Waals surface area contributed by atoms with Gasteiger partial charge >= 0.3 is 6.18 Å². The summed E-state index contributed by atoms with van der Waals surface area (Å²) in [7, 11) is 1.53. The highest BCUT2D eigenvalue weighted by Crippen LogP contribution is 2.30. The molecule has 1 atom stereocenters. The zero-order valence-corrected chi connectivity index (χ0v) is 13.9. The molecule has 138 valence electrons. The van der Waals surface area contributed by atoms with Crippen molar-refractivity contribution in [3.05, 3.63) is 35.4 Å². The van der Waals surface area contributed by atoms with Crippen molar-refractivity contribution in [2.45, 2.75) is 25.6 Å². The van der Waals surface area contributed by atoms with Gasteiger partial charge in [0.25, 0.3) is 0 Å². The topological polar surface area (TPSA) is 58.6 Å². The van der Waals surface area contributed by atoms with Crippen LogP contribution >= 0.6 is 0 Å². The van der Waals surface area contributed by atoms with Crippen LogP contribution in [0, 0.1) is 5.92 Å². The minimum Gasteiger partial charge on any atom is -0.383 e. The normalized spacial score (nSPS) is 18.3. The summed E-state index contributed by atoms with van der Waals surface area (Å²) in [4.78, 5) is 25.6. The first-order chi connectivity index (χ1) is 11.8. The van der Waals surface area contributed by atoms with Gasteiger partial charge in [0.15, 0.2) is 0 Å². The summed E-state index contributed by atoms with van der Waals surface area (Å²) >= 11 is 0. The summed E-state index contributed by atoms with van der Waals surface area (Å²) in [6.07, 6.45) is -3.77. The van der Waals surface area contributed by atoms with Gasteiger partial charge in [-0.05, 0) is 24.1 Å². The smallest absolute Gasteiger partial charge is 0.383 e. The van der Waals surface area contributed by atoms with Crippen LogP contribution in [0.1, 0.15) is 24.0 Å². The van der Waals surface area contributed by atoms with Crippen LogP contribution in [0.25, 0.3) is 0 Å². The Morgan fingerprint density at radius 1 is 1.40 bits per heavy atom. The van der Waals surface area contributed by atoms with E-state index in [4.69, 9.17) is 4.74 Å². The molecule has 0 aromatic heterocycles. The van der Waals surface area contributed by atoms with E-state index >= 15 is 0 Å². The lowest BCUT2D eigenvalue weighted by molar-refractivity contribution is -0.139. The molecule has 0 spiro atoms. The van der Waals surface area contributed by atoms with E-state index < -0.39 is 11.7 Å². The molecule has 1 N–H and O–H groups in total. The molecule has 1 aliphatic rings. The van der Waals surface area contributed by atoms with E-state index in [-0.39, 0.29) is 37.2 Å². The molecule has 5 nitrogen and oxygen atoms in total. The predicted molar refractivity (Wildman–Crippen MR) is 84.5 cm³/mol. The van der Waals surface area contributed by atoms with Gasteiger partial charge < -0.3 is 15.0 Å². The number of nitrogens with zero attached hydrogens (tertiary/aromatic N) is 1. The second-order valence-corrected chi connectivity index (χ2v) is 5.99. The Labute approximate surface area is 144 Å². The number of nitrogens with one attached hydrogen (secondary N) is 1. The zero-order valence-electron chi connectivity index (χ0n) is 13.9. The lowest BCUT2D eigenvalue weighted by Crippen LogP contribution is -2.45. The van der Waals surface area contributed by atoms with Crippen LogP contribution in [-0.2, 0) is 27.0 Å². The van der Waals surface area contributed by atoms with E-state index in [2.05, 4.69) is 5.32 Å². The van der Waals surface area contributed by atoms with Crippen LogP contribution in [0.15, 0.2) is 24.3 Å². The fourth-order valence-corrected chi connectivity index (χ4v) is 2.77. The third-order valence-electron chi connectivity index (χ3n) is 4.10. The molecule has 0 saturated carbocycles. The standard InChI is InChI=1S/C17H21F3N2O3/c1-25-8-7-21-16(24)13-5-6-15(23)22(11-13)10-12-3-2-4-14(9-12)17(18,19)20/h2-4,9,13H,5-8,10-11H2,1H3,(H,21,24)/t13-/m0/s1. The Hall–Kier alpha value is -2.09. The molecule has 0 radical (unpaired) electrons. The number of carbonyl (C=O) groups is 2. The Kier molecular flexibility index (Phi) is 6.41. The second kappa shape index (κ2) is 8.33. The van der Waals surface area contributed by atoms with Crippen molar-refractivity contribution in [3.8, 4) is 0 Å². The van der Waals surface area contributed by atoms with Crippen LogP contribution in [-0.4, -0.2) is 43.5 Å². The van der Waals surface area contributed by atoms with Crippen molar-refractivity contribution in [2.75, 3.05) is 26.8 Å². The van der Waals surface area contributed by atoms with Crippen molar-refractivity contribution in [2.24, 2.45) is 5.92 Å². The summed E-state index contributed by atoms with van der Waals surface area (Å²) in [6, 6.07) is 4.90. The highest BCUT2D eigenvalue weighted by atomic mass is 19.4. The molecule has 1 aliphatic heterocycles. The molecule has 8 heteroatoms. The lowest BCUT2D eigenvalue weighted by atomic mass is 9.96. The van der Waals surface area contributed by atoms with Crippen molar-refractivity contribution >= 4 is 11.8 Å². The zero-order chi connectivity index (χ0) is 18.4. The Bertz CT molecular complexity index is 619. The largest absolute Gasteiger partial charge is 0.416 e. The molecule has 2 amide bonds. The number of hydrogen-bond donors (Lipinski definition) is 1. The van der Waals surface area contributed by atoms with Crippen LogP contribution in [0.3, 0.4) is 0 Å². The minimum absolute atomic E-state index is 0.0601. The summed E-state index contributed by atoms with van der Waals surface area (Å²) < 4.78 is 43.2. The van der Waals surface area contributed by atoms with Gasteiger partial charge in [-0.2, -0.15) is 13.2 Å². The molecule has 25 heavy (non-hydrogen) atoms. The van der Waals surface area contributed by atoms with E-state index in [1.807, 2.05) is 0 Å². The number of halogens is 3. The van der Waals surface area contributed by atoms with Crippen LogP contribution < -0.4 is 5.32 Å². The van der Waals surface area contributed by atoms with Crippen molar-refractivity contribution in [3.63, 3.8) is 0 Å². The molecule has 1 aromatic rings. The molecule has 1 saturated heterocycles. The number of likely N-dealkylation sites (tertiary alicyclic amines) is 1. The number of piperidine rings is 1. The summed E-state index contributed by atoms with van der Waals surface area (Å²) in [5.41, 5.74) is -0.355. The van der Waals surface area contributed by atoms with E-state index in [0.717, 1.165) is 12.1 Å². The molecule has 0 bridgehead atoms. The van der Waals surface area contributed by atoms with Gasteiger partial charge in [0, 0.05) is 33.2 Å². The average Bonchev–Trinajstić information content (AvgIpc) is 2.56. The van der Waals surface area contributed by atoms with Crippen molar-refractivity contribution in [1.29, 1.82) is 0 Å². The fraction of sp³-hybridized carbons (Fsp3) is 0.529. The van der Waals surface area contributed by atoms with Gasteiger partial charge in [-0.25, -0.2) is 0 Å². The number of alkyl halides is 3. The number of benzene rings is 1. The van der Waals surface area contributed by atoms with E-state index in [0.29, 0.717) is 25.1 Å². The Morgan fingerprint density at radius 3 is 2.84 bits per heavy atom. The Balaban J connectivity index is 2.00. The molecule has 1 heterocycles. The average molecular weight is 358 g/mol. The minimum atomic E-state index is -4.42. The number of hydrogen-bond acceptors (Lipinski definition) is 3. The maximum absolute atomic E-state index is 12.8. The van der Waals surface area contributed by atoms with Crippen LogP contribution in [0.2, 0.25) is 0 Å². The third kappa shape index (κ3) is 5.45. The van der Waals surface area contributed by atoms with Crippen LogP contribution in [0.4, 0.5) is 13.2 Å². The van der Waals surface area contributed by atoms with Crippen molar-refractivity contribution < 1.29 is 27.5 Å². The maximum atomic E-state index is 12.8. The number of rotatable bonds is 6. The first-order valence-corrected chi connectivity index (χ1v) is 8.02. The first-order valence-electron chi connectivity index (χ1n) is 8.02. The highest BCUT2D eigenvalue weighted by molar-refractivity contribution is 5.83. The van der Waals surface area contributed by atoms with E-state index in [1.54, 1.807) is 6.07 Å². The molecular weight excluding hydrogens is 337 g/mol. The van der Waals surface area contributed by atoms with E-state index in [9.17, 15) is 22.8 Å². The van der Waals surface area contributed by atoms with Crippen LogP contribution in [0.5, 0.6) is 0 Å². The summed E-state index contributed by atoms with van der Waals surface area (Å²) in [5, 5.41) is 2.73. The van der Waals surface area contributed by atoms with Gasteiger partial charge in [0.05, 0.1) is 18.1 Å². The lowest BCUT2D eigenvalue weighted by Gasteiger charge is -2.32. The molecular formula is C17H21F3N2O3. The van der Waals surface area contributed by atoms with Gasteiger partial charge in [-0.3, -0.25) is 9.59 Å². The highest BCUT2D eigenvalue weighted by Gasteiger charge is 2.32. The predicted octanol–water partition coefficient (Wildman–Crippen LogP) is 2.21. The summed E-state index contributed by atoms with van der Waals surface area (Å²) in [5.74, 6) is -0.683. The summed E-state index contributed by atoms with van der Waals surface area (Å²) in [6.45, 7) is 1.04. The SMILES string of the molecule is COCCNC(=O)[C@H]1CCC(=O)N(Cc2cccc(C(F)(F)F)c2)C1. The molecule has 1 aromatic carbocycles. The Morgan fingerprint density at radius 2 is 2.16 bits per heavy atom. The van der Waals surface area contributed by atoms with Gasteiger partial charge in [-0.1, -0.05) is 12.1 Å². The fourth-order valence-electron chi connectivity index (χ4n) is 2.77. The molecule has 0 aliphatic carbocycles. The third-order valence-corrected chi connectivity index (χ3v) is 4.10. The second-order valence-electron chi connectivity index (χ2n) is 5.99. The monoisotopic (exact) mass is 358 g/mol. The molecule has 0 unspecified atom stereocenters. The number of ether oxygens (including phenoxy) is 1. The van der Waals surface area contributed by atoms with E-state index in [1.165, 1.54) is 18.1 Å². The van der Waals surface area contributed by atoms with Gasteiger partial charge in [0.2, 0.25) is 11.8 Å². The number of amides is 2. The number of methoxy groups -OCH3 is 1. The quantitative estimate of drug-likeness (QED) is 0.794. The molecule has 2 rings (SSSR count). The van der Waals surface area contributed by atoms with Gasteiger partial charge in [0.1, 0.15) is 0 Å². The molecule has 1 fully saturated rings. The van der Waals surface area contributed by atoms with Crippen molar-refractivity contribution in [1.82, 2.24) is 10.2 Å². The number of carbonyl (C=O) groups excluding carboxylic acids is 2. The first kappa shape index (κ1) is 19.2. The maximum Gasteiger partial charge on any atom is 0.416 e. The van der Waals surface area contributed by atoms with Gasteiger partial charge in [-0.15, -0.1) is 0 Å².